The Balaban J connectivity index is 2.27. The van der Waals surface area contributed by atoms with Gasteiger partial charge < -0.3 is 22.1 Å². The summed E-state index contributed by atoms with van der Waals surface area (Å²) in [6.45, 7) is 2.10. The standard InChI is InChI=1S/C13H20N6/c14-12(15)18-13(16)17-10-6-2-3-7-11(10)19-8-4-1-5-9-19/h2-3,6-7H,1,4-5,8-9H2,(H6,14,15,16,17,18). The fourth-order valence-electron chi connectivity index (χ4n) is 2.24. The number of nitrogens with zero attached hydrogens (tertiary/aromatic N) is 3. The normalized spacial score (nSPS) is 16.2. The Labute approximate surface area is 113 Å². The van der Waals surface area contributed by atoms with E-state index in [1.165, 1.54) is 19.3 Å². The molecular weight excluding hydrogens is 240 g/mol. The molecule has 1 aromatic rings. The highest BCUT2D eigenvalue weighted by molar-refractivity contribution is 5.94. The molecule has 2 rings (SSSR count). The number of hydrogen-bond acceptors (Lipinski definition) is 2. The molecule has 1 saturated heterocycles. The van der Waals surface area contributed by atoms with Crippen molar-refractivity contribution in [2.24, 2.45) is 27.2 Å². The number of hydrogen-bond donors (Lipinski definition) is 3. The van der Waals surface area contributed by atoms with E-state index in [2.05, 4.69) is 14.9 Å². The third-order valence-electron chi connectivity index (χ3n) is 3.06. The monoisotopic (exact) mass is 260 g/mol. The quantitative estimate of drug-likeness (QED) is 0.542. The first-order valence-corrected chi connectivity index (χ1v) is 6.44. The van der Waals surface area contributed by atoms with Crippen LogP contribution in [-0.4, -0.2) is 25.0 Å². The van der Waals surface area contributed by atoms with Crippen LogP contribution in [-0.2, 0) is 0 Å². The Morgan fingerprint density at radius 1 is 1.00 bits per heavy atom. The van der Waals surface area contributed by atoms with Gasteiger partial charge >= 0.3 is 0 Å². The lowest BCUT2D eigenvalue weighted by Gasteiger charge is -2.29. The van der Waals surface area contributed by atoms with Crippen molar-refractivity contribution in [3.8, 4) is 0 Å². The molecule has 0 saturated carbocycles. The molecule has 0 amide bonds. The topological polar surface area (TPSA) is 106 Å². The van der Waals surface area contributed by atoms with Crippen LogP contribution in [0.5, 0.6) is 0 Å². The molecule has 0 aromatic heterocycles. The molecule has 1 aromatic carbocycles. The van der Waals surface area contributed by atoms with Crippen molar-refractivity contribution in [2.45, 2.75) is 19.3 Å². The molecule has 0 bridgehead atoms. The Kier molecular flexibility index (Phi) is 4.22. The SMILES string of the molecule is NC(N)=NC(N)=Nc1ccccc1N1CCCCC1. The fraction of sp³-hybridized carbons (Fsp3) is 0.385. The first kappa shape index (κ1) is 13.2. The van der Waals surface area contributed by atoms with Gasteiger partial charge in [-0.1, -0.05) is 12.1 Å². The lowest BCUT2D eigenvalue weighted by Crippen LogP contribution is -2.29. The molecule has 0 aliphatic carbocycles. The van der Waals surface area contributed by atoms with E-state index in [4.69, 9.17) is 17.2 Å². The molecule has 1 aliphatic rings. The molecule has 1 aliphatic heterocycles. The minimum atomic E-state index is -0.0864. The van der Waals surface area contributed by atoms with Crippen molar-refractivity contribution in [1.82, 2.24) is 0 Å². The molecule has 1 heterocycles. The van der Waals surface area contributed by atoms with Gasteiger partial charge in [-0.3, -0.25) is 0 Å². The van der Waals surface area contributed by atoms with Gasteiger partial charge in [-0.25, -0.2) is 4.99 Å². The Hall–Kier alpha value is -2.24. The maximum atomic E-state index is 5.69. The summed E-state index contributed by atoms with van der Waals surface area (Å²) in [6, 6.07) is 7.89. The van der Waals surface area contributed by atoms with Gasteiger partial charge in [0.1, 0.15) is 0 Å². The van der Waals surface area contributed by atoms with Crippen LogP contribution in [0, 0.1) is 0 Å². The molecular formula is C13H20N6. The molecule has 6 nitrogen and oxygen atoms in total. The summed E-state index contributed by atoms with van der Waals surface area (Å²) in [6.07, 6.45) is 3.71. The summed E-state index contributed by atoms with van der Waals surface area (Å²) in [5, 5.41) is 0. The van der Waals surface area contributed by atoms with E-state index in [0.717, 1.165) is 24.5 Å². The van der Waals surface area contributed by atoms with Crippen LogP contribution in [0.25, 0.3) is 0 Å². The van der Waals surface area contributed by atoms with E-state index in [9.17, 15) is 0 Å². The summed E-state index contributed by atoms with van der Waals surface area (Å²) in [5.74, 6) is -0.0128. The lowest BCUT2D eigenvalue weighted by atomic mass is 10.1. The predicted octanol–water partition coefficient (Wildman–Crippen LogP) is 0.897. The van der Waals surface area contributed by atoms with Crippen LogP contribution in [0.15, 0.2) is 34.3 Å². The van der Waals surface area contributed by atoms with E-state index in [0.29, 0.717) is 0 Å². The highest BCUT2D eigenvalue weighted by Crippen LogP contribution is 2.30. The molecule has 6 N–H and O–H groups in total. The van der Waals surface area contributed by atoms with E-state index < -0.39 is 0 Å². The summed E-state index contributed by atoms with van der Waals surface area (Å²) < 4.78 is 0. The fourth-order valence-corrected chi connectivity index (χ4v) is 2.24. The molecule has 1 fully saturated rings. The Bertz CT molecular complexity index is 484. The summed E-state index contributed by atoms with van der Waals surface area (Å²) >= 11 is 0. The third kappa shape index (κ3) is 3.61. The molecule has 0 atom stereocenters. The zero-order valence-corrected chi connectivity index (χ0v) is 10.9. The van der Waals surface area contributed by atoms with E-state index in [1.807, 2.05) is 24.3 Å². The van der Waals surface area contributed by atoms with Crippen molar-refractivity contribution < 1.29 is 0 Å². The van der Waals surface area contributed by atoms with Crippen molar-refractivity contribution in [3.63, 3.8) is 0 Å². The van der Waals surface area contributed by atoms with Gasteiger partial charge in [0.05, 0.1) is 11.4 Å². The number of para-hydroxylation sites is 2. The van der Waals surface area contributed by atoms with Crippen molar-refractivity contribution in [3.05, 3.63) is 24.3 Å². The smallest absolute Gasteiger partial charge is 0.223 e. The van der Waals surface area contributed by atoms with Gasteiger partial charge in [0, 0.05) is 13.1 Å². The average molecular weight is 260 g/mol. The number of piperidine rings is 1. The Morgan fingerprint density at radius 3 is 2.37 bits per heavy atom. The van der Waals surface area contributed by atoms with Gasteiger partial charge in [0.2, 0.25) is 5.96 Å². The average Bonchev–Trinajstić information content (AvgIpc) is 2.39. The molecule has 19 heavy (non-hydrogen) atoms. The second-order valence-electron chi connectivity index (χ2n) is 4.54. The van der Waals surface area contributed by atoms with E-state index >= 15 is 0 Å². The van der Waals surface area contributed by atoms with Gasteiger partial charge in [0.25, 0.3) is 0 Å². The molecule has 102 valence electrons. The molecule has 0 spiro atoms. The van der Waals surface area contributed by atoms with Gasteiger partial charge in [-0.05, 0) is 31.4 Å². The zero-order chi connectivity index (χ0) is 13.7. The molecule has 0 unspecified atom stereocenters. The van der Waals surface area contributed by atoms with Crippen LogP contribution in [0.1, 0.15) is 19.3 Å². The Morgan fingerprint density at radius 2 is 1.68 bits per heavy atom. The van der Waals surface area contributed by atoms with Crippen molar-refractivity contribution >= 4 is 23.3 Å². The number of benzene rings is 1. The lowest BCUT2D eigenvalue weighted by molar-refractivity contribution is 0.578. The van der Waals surface area contributed by atoms with Gasteiger partial charge in [-0.15, -0.1) is 0 Å². The summed E-state index contributed by atoms with van der Waals surface area (Å²) in [4.78, 5) is 10.3. The van der Waals surface area contributed by atoms with E-state index in [-0.39, 0.29) is 11.9 Å². The number of nitrogens with two attached hydrogens (primary N) is 3. The second kappa shape index (κ2) is 6.08. The van der Waals surface area contributed by atoms with Gasteiger partial charge in [0.15, 0.2) is 5.96 Å². The second-order valence-corrected chi connectivity index (χ2v) is 4.54. The highest BCUT2D eigenvalue weighted by atomic mass is 15.2. The molecule has 6 heteroatoms. The number of guanidine groups is 2. The van der Waals surface area contributed by atoms with Crippen LogP contribution >= 0.6 is 0 Å². The van der Waals surface area contributed by atoms with Crippen LogP contribution in [0.2, 0.25) is 0 Å². The zero-order valence-electron chi connectivity index (χ0n) is 10.9. The van der Waals surface area contributed by atoms with Crippen LogP contribution in [0.4, 0.5) is 11.4 Å². The number of rotatable bonds is 2. The maximum Gasteiger partial charge on any atom is 0.223 e. The summed E-state index contributed by atoms with van der Waals surface area (Å²) in [5.41, 5.74) is 18.1. The number of aliphatic imine (C=N–C) groups is 2. The van der Waals surface area contributed by atoms with E-state index in [1.54, 1.807) is 0 Å². The first-order chi connectivity index (χ1) is 9.16. The van der Waals surface area contributed by atoms with Gasteiger partial charge in [-0.2, -0.15) is 4.99 Å². The van der Waals surface area contributed by atoms with Crippen molar-refractivity contribution in [1.29, 1.82) is 0 Å². The number of anilines is 1. The predicted molar refractivity (Wildman–Crippen MR) is 79.6 cm³/mol. The highest BCUT2D eigenvalue weighted by Gasteiger charge is 2.13. The minimum absolute atomic E-state index is 0.0736. The minimum Gasteiger partial charge on any atom is -0.370 e. The first-order valence-electron chi connectivity index (χ1n) is 6.44. The van der Waals surface area contributed by atoms with Crippen LogP contribution < -0.4 is 22.1 Å². The third-order valence-corrected chi connectivity index (χ3v) is 3.06. The van der Waals surface area contributed by atoms with Crippen LogP contribution in [0.3, 0.4) is 0 Å². The van der Waals surface area contributed by atoms with Crippen molar-refractivity contribution in [2.75, 3.05) is 18.0 Å². The summed E-state index contributed by atoms with van der Waals surface area (Å²) in [7, 11) is 0. The largest absolute Gasteiger partial charge is 0.370 e. The molecule has 0 radical (unpaired) electrons. The maximum absolute atomic E-state index is 5.69.